The molecule has 172 valence electrons. The first-order chi connectivity index (χ1) is 15.7. The number of hydrogen-bond acceptors (Lipinski definition) is 5. The Kier molecular flexibility index (Phi) is 7.21. The van der Waals surface area contributed by atoms with Crippen LogP contribution in [0.25, 0.3) is 11.1 Å². The van der Waals surface area contributed by atoms with Gasteiger partial charge in [0.15, 0.2) is 0 Å². The van der Waals surface area contributed by atoms with Gasteiger partial charge in [0.05, 0.1) is 17.6 Å². The fourth-order valence-electron chi connectivity index (χ4n) is 3.80. The second-order valence-corrected chi connectivity index (χ2v) is 9.16. The Labute approximate surface area is 193 Å². The summed E-state index contributed by atoms with van der Waals surface area (Å²) in [5, 5.41) is 19.4. The van der Waals surface area contributed by atoms with Crippen LogP contribution < -0.4 is 9.46 Å². The lowest BCUT2D eigenvalue weighted by molar-refractivity contribution is 0.0687. The molecular formula is C24H25N3O5S. The number of hydrogen-bond donors (Lipinski definition) is 2. The van der Waals surface area contributed by atoms with E-state index in [-0.39, 0.29) is 17.1 Å². The SMILES string of the molecule is CCc1c(C#N)c(-c2ccc(CCNS(=O)(=O)c3ccc(OC)cc3)cc2)c(C(=O)O)n1C. The van der Waals surface area contributed by atoms with E-state index in [1.165, 1.54) is 19.2 Å². The van der Waals surface area contributed by atoms with Crippen molar-refractivity contribution in [2.45, 2.75) is 24.7 Å². The Hall–Kier alpha value is -3.61. The molecule has 0 radical (unpaired) electrons. The molecule has 8 nitrogen and oxygen atoms in total. The molecule has 0 aliphatic carbocycles. The Morgan fingerprint density at radius 3 is 2.30 bits per heavy atom. The maximum atomic E-state index is 12.5. The van der Waals surface area contributed by atoms with Gasteiger partial charge in [-0.05, 0) is 48.2 Å². The van der Waals surface area contributed by atoms with E-state index in [0.29, 0.717) is 41.0 Å². The van der Waals surface area contributed by atoms with Crippen LogP contribution in [-0.2, 0) is 29.9 Å². The van der Waals surface area contributed by atoms with Crippen molar-refractivity contribution < 1.29 is 23.1 Å². The number of benzene rings is 2. The number of nitrogens with one attached hydrogen (secondary N) is 1. The smallest absolute Gasteiger partial charge is 0.353 e. The molecular weight excluding hydrogens is 442 g/mol. The molecule has 9 heteroatoms. The van der Waals surface area contributed by atoms with E-state index in [2.05, 4.69) is 10.8 Å². The van der Waals surface area contributed by atoms with E-state index in [1.807, 2.05) is 19.1 Å². The molecule has 0 aliphatic rings. The molecule has 0 amide bonds. The molecule has 2 N–H and O–H groups in total. The Morgan fingerprint density at radius 2 is 1.79 bits per heavy atom. The highest BCUT2D eigenvalue weighted by molar-refractivity contribution is 7.89. The van der Waals surface area contributed by atoms with Gasteiger partial charge in [-0.25, -0.2) is 17.9 Å². The van der Waals surface area contributed by atoms with Crippen LogP contribution in [0.3, 0.4) is 0 Å². The van der Waals surface area contributed by atoms with E-state index in [4.69, 9.17) is 4.74 Å². The van der Waals surface area contributed by atoms with Crippen molar-refractivity contribution in [1.29, 1.82) is 5.26 Å². The minimum absolute atomic E-state index is 0.0726. The number of nitriles is 1. The van der Waals surface area contributed by atoms with Crippen molar-refractivity contribution in [3.63, 3.8) is 0 Å². The molecule has 1 aromatic heterocycles. The zero-order valence-electron chi connectivity index (χ0n) is 18.6. The predicted octanol–water partition coefficient (Wildman–Crippen LogP) is 3.35. The molecule has 33 heavy (non-hydrogen) atoms. The van der Waals surface area contributed by atoms with E-state index in [0.717, 1.165) is 5.56 Å². The van der Waals surface area contributed by atoms with Crippen LogP contribution in [0, 0.1) is 11.3 Å². The summed E-state index contributed by atoms with van der Waals surface area (Å²) >= 11 is 0. The highest BCUT2D eigenvalue weighted by Gasteiger charge is 2.25. The average Bonchev–Trinajstić information content (AvgIpc) is 3.10. The van der Waals surface area contributed by atoms with Crippen molar-refractivity contribution >= 4 is 16.0 Å². The highest BCUT2D eigenvalue weighted by atomic mass is 32.2. The third-order valence-corrected chi connectivity index (χ3v) is 6.96. The molecule has 0 spiro atoms. The monoisotopic (exact) mass is 467 g/mol. The molecule has 1 heterocycles. The van der Waals surface area contributed by atoms with Gasteiger partial charge in [-0.1, -0.05) is 31.2 Å². The maximum Gasteiger partial charge on any atom is 0.353 e. The summed E-state index contributed by atoms with van der Waals surface area (Å²) in [5.41, 5.74) is 3.00. The van der Waals surface area contributed by atoms with Crippen molar-refractivity contribution in [2.75, 3.05) is 13.7 Å². The van der Waals surface area contributed by atoms with E-state index in [9.17, 15) is 23.6 Å². The summed E-state index contributed by atoms with van der Waals surface area (Å²) in [4.78, 5) is 12.0. The summed E-state index contributed by atoms with van der Waals surface area (Å²) in [6.07, 6.45) is 0.980. The lowest BCUT2D eigenvalue weighted by Crippen LogP contribution is -2.25. The number of carbonyl (C=O) groups is 1. The number of carboxylic acid groups (broad SMARTS) is 1. The summed E-state index contributed by atoms with van der Waals surface area (Å²) in [6.45, 7) is 2.07. The van der Waals surface area contributed by atoms with Gasteiger partial charge >= 0.3 is 5.97 Å². The molecule has 3 aromatic rings. The van der Waals surface area contributed by atoms with Crippen molar-refractivity contribution in [3.05, 3.63) is 71.0 Å². The van der Waals surface area contributed by atoms with Gasteiger partial charge in [-0.3, -0.25) is 0 Å². The number of aromatic nitrogens is 1. The summed E-state index contributed by atoms with van der Waals surface area (Å²) < 4.78 is 34.1. The lowest BCUT2D eigenvalue weighted by Gasteiger charge is -2.09. The summed E-state index contributed by atoms with van der Waals surface area (Å²) in [7, 11) is -0.485. The van der Waals surface area contributed by atoms with E-state index < -0.39 is 16.0 Å². The zero-order chi connectivity index (χ0) is 24.2. The number of rotatable bonds is 9. The fourth-order valence-corrected chi connectivity index (χ4v) is 4.84. The topological polar surface area (TPSA) is 121 Å². The first kappa shape index (κ1) is 24.0. The van der Waals surface area contributed by atoms with Crippen molar-refractivity contribution in [3.8, 4) is 22.9 Å². The average molecular weight is 468 g/mol. The Bertz CT molecular complexity index is 1300. The fraction of sp³-hybridized carbons (Fsp3) is 0.250. The molecule has 0 saturated carbocycles. The number of sulfonamides is 1. The van der Waals surface area contributed by atoms with Crippen LogP contribution in [0.4, 0.5) is 0 Å². The van der Waals surface area contributed by atoms with E-state index >= 15 is 0 Å². The van der Waals surface area contributed by atoms with Crippen molar-refractivity contribution in [1.82, 2.24) is 9.29 Å². The molecule has 0 atom stereocenters. The van der Waals surface area contributed by atoms with Gasteiger partial charge in [0.25, 0.3) is 0 Å². The van der Waals surface area contributed by atoms with E-state index in [1.54, 1.807) is 35.9 Å². The van der Waals surface area contributed by atoms with Crippen LogP contribution >= 0.6 is 0 Å². The minimum atomic E-state index is -3.65. The molecule has 2 aromatic carbocycles. The van der Waals surface area contributed by atoms with Gasteiger partial charge in [0, 0.05) is 24.8 Å². The van der Waals surface area contributed by atoms with Gasteiger partial charge < -0.3 is 14.4 Å². The number of carboxylic acids is 1. The number of nitrogens with zero attached hydrogens (tertiary/aromatic N) is 2. The second-order valence-electron chi connectivity index (χ2n) is 7.40. The van der Waals surface area contributed by atoms with Crippen LogP contribution in [0.1, 0.15) is 34.2 Å². The molecule has 3 rings (SSSR count). The minimum Gasteiger partial charge on any atom is -0.497 e. The summed E-state index contributed by atoms with van der Waals surface area (Å²) in [6, 6.07) is 15.4. The highest BCUT2D eigenvalue weighted by Crippen LogP contribution is 2.32. The zero-order valence-corrected chi connectivity index (χ0v) is 19.4. The standard InChI is InChI=1S/C24H25N3O5S/c1-4-21-20(15-25)22(23(24(28)29)27(21)2)17-7-5-16(6-8-17)13-14-26-33(30,31)19-11-9-18(32-3)10-12-19/h5-12,26H,4,13-14H2,1-3H3,(H,28,29). The van der Waals surface area contributed by atoms with Crippen LogP contribution in [0.5, 0.6) is 5.75 Å². The largest absolute Gasteiger partial charge is 0.497 e. The normalized spacial score (nSPS) is 11.2. The third kappa shape index (κ3) is 4.92. The van der Waals surface area contributed by atoms with Gasteiger partial charge in [0.1, 0.15) is 17.5 Å². The number of ether oxygens (including phenoxy) is 1. The van der Waals surface area contributed by atoms with Crippen LogP contribution in [0.2, 0.25) is 0 Å². The molecule has 0 aliphatic heterocycles. The van der Waals surface area contributed by atoms with Crippen LogP contribution in [0.15, 0.2) is 53.4 Å². The third-order valence-electron chi connectivity index (χ3n) is 5.48. The van der Waals surface area contributed by atoms with Crippen molar-refractivity contribution in [2.24, 2.45) is 7.05 Å². The number of methoxy groups -OCH3 is 1. The molecule has 0 saturated heterocycles. The Balaban J connectivity index is 1.76. The lowest BCUT2D eigenvalue weighted by atomic mass is 9.98. The molecule has 0 unspecified atom stereocenters. The molecule has 0 bridgehead atoms. The van der Waals surface area contributed by atoms with Crippen LogP contribution in [-0.4, -0.2) is 37.7 Å². The number of aromatic carboxylic acids is 1. The summed E-state index contributed by atoms with van der Waals surface area (Å²) in [5.74, 6) is -0.523. The quantitative estimate of drug-likeness (QED) is 0.498. The first-order valence-corrected chi connectivity index (χ1v) is 11.8. The van der Waals surface area contributed by atoms with Gasteiger partial charge in [0.2, 0.25) is 10.0 Å². The first-order valence-electron chi connectivity index (χ1n) is 10.3. The molecule has 0 fully saturated rings. The maximum absolute atomic E-state index is 12.5. The second kappa shape index (κ2) is 9.90. The predicted molar refractivity (Wildman–Crippen MR) is 124 cm³/mol. The Morgan fingerprint density at radius 1 is 1.15 bits per heavy atom. The van der Waals surface area contributed by atoms with Gasteiger partial charge in [-0.15, -0.1) is 0 Å². The van der Waals surface area contributed by atoms with Gasteiger partial charge in [-0.2, -0.15) is 5.26 Å².